The predicted molar refractivity (Wildman–Crippen MR) is 128 cm³/mol. The van der Waals surface area contributed by atoms with E-state index in [-0.39, 0.29) is 5.82 Å². The summed E-state index contributed by atoms with van der Waals surface area (Å²) in [4.78, 5) is 0. The maximum Gasteiger partial charge on any atom is 0.126 e. The zero-order chi connectivity index (χ0) is 21.6. The highest BCUT2D eigenvalue weighted by Crippen LogP contribution is 2.47. The Morgan fingerprint density at radius 3 is 2.71 bits per heavy atom. The molecule has 0 amide bonds. The summed E-state index contributed by atoms with van der Waals surface area (Å²) in [6.45, 7) is 6.72. The van der Waals surface area contributed by atoms with Gasteiger partial charge in [0.25, 0.3) is 0 Å². The molecule has 2 saturated carbocycles. The average Bonchev–Trinajstić information content (AvgIpc) is 2.80. The van der Waals surface area contributed by atoms with Crippen LogP contribution in [0.3, 0.4) is 0 Å². The molecule has 4 rings (SSSR count). The van der Waals surface area contributed by atoms with Gasteiger partial charge >= 0.3 is 0 Å². The number of rotatable bonds is 9. The number of halogens is 1. The molecule has 5 unspecified atom stereocenters. The molecule has 0 heterocycles. The molecule has 0 N–H and O–H groups in total. The third-order valence-electron chi connectivity index (χ3n) is 8.58. The molecular formula is C29H43FO. The molecule has 31 heavy (non-hydrogen) atoms. The van der Waals surface area contributed by atoms with Crippen molar-refractivity contribution >= 4 is 0 Å². The van der Waals surface area contributed by atoms with Crippen LogP contribution in [0.1, 0.15) is 107 Å². The molecule has 1 aromatic rings. The molecule has 0 radical (unpaired) electrons. The van der Waals surface area contributed by atoms with Gasteiger partial charge < -0.3 is 4.74 Å². The minimum Gasteiger partial charge on any atom is -0.374 e. The fourth-order valence-electron chi connectivity index (χ4n) is 6.77. The molecule has 1 nitrogen and oxygen atoms in total. The maximum absolute atomic E-state index is 15.2. The van der Waals surface area contributed by atoms with Crippen molar-refractivity contribution < 1.29 is 9.13 Å². The van der Waals surface area contributed by atoms with Gasteiger partial charge in [0, 0.05) is 0 Å². The fraction of sp³-hybridized carbons (Fsp3) is 0.724. The van der Waals surface area contributed by atoms with Crippen molar-refractivity contribution in [3.05, 3.63) is 47.3 Å². The van der Waals surface area contributed by atoms with E-state index < -0.39 is 0 Å². The maximum atomic E-state index is 15.2. The van der Waals surface area contributed by atoms with E-state index >= 15 is 4.39 Å². The van der Waals surface area contributed by atoms with E-state index in [4.69, 9.17) is 4.74 Å². The van der Waals surface area contributed by atoms with E-state index in [1.807, 2.05) is 12.1 Å². The summed E-state index contributed by atoms with van der Waals surface area (Å²) in [6.07, 6.45) is 19.6. The van der Waals surface area contributed by atoms with Crippen molar-refractivity contribution in [2.24, 2.45) is 17.8 Å². The number of hydrogen-bond donors (Lipinski definition) is 0. The molecule has 5 atom stereocenters. The Morgan fingerprint density at radius 1 is 1.03 bits per heavy atom. The largest absolute Gasteiger partial charge is 0.374 e. The third-order valence-corrected chi connectivity index (χ3v) is 8.58. The lowest BCUT2D eigenvalue weighted by molar-refractivity contribution is -0.00311. The highest BCUT2D eigenvalue weighted by Gasteiger charge is 2.36. The summed E-state index contributed by atoms with van der Waals surface area (Å²) in [7, 11) is 0. The molecule has 3 aliphatic carbocycles. The van der Waals surface area contributed by atoms with Crippen molar-refractivity contribution in [1.29, 1.82) is 0 Å². The lowest BCUT2D eigenvalue weighted by atomic mass is 9.65. The summed E-state index contributed by atoms with van der Waals surface area (Å²) in [5.41, 5.74) is 3.66. The third kappa shape index (κ3) is 5.81. The highest BCUT2D eigenvalue weighted by molar-refractivity contribution is 5.37. The Morgan fingerprint density at radius 2 is 1.87 bits per heavy atom. The van der Waals surface area contributed by atoms with Crippen LogP contribution in [0.5, 0.6) is 0 Å². The molecule has 172 valence electrons. The van der Waals surface area contributed by atoms with E-state index in [9.17, 15) is 0 Å². The first kappa shape index (κ1) is 23.0. The number of aryl methyl sites for hydroxylation is 1. The summed E-state index contributed by atoms with van der Waals surface area (Å²) in [5, 5.41) is 0. The Kier molecular flexibility index (Phi) is 8.26. The van der Waals surface area contributed by atoms with E-state index in [1.165, 1.54) is 88.2 Å². The Bertz CT molecular complexity index is 726. The monoisotopic (exact) mass is 426 g/mol. The topological polar surface area (TPSA) is 9.23 Å². The van der Waals surface area contributed by atoms with Crippen LogP contribution < -0.4 is 0 Å². The summed E-state index contributed by atoms with van der Waals surface area (Å²) in [6, 6.07) is 4.32. The first-order valence-corrected chi connectivity index (χ1v) is 13.2. The molecule has 3 aliphatic rings. The van der Waals surface area contributed by atoms with Gasteiger partial charge in [-0.25, -0.2) is 4.39 Å². The molecule has 2 fully saturated rings. The summed E-state index contributed by atoms with van der Waals surface area (Å²) < 4.78 is 21.1. The van der Waals surface area contributed by atoms with Gasteiger partial charge in [-0.05, 0) is 104 Å². The van der Waals surface area contributed by atoms with Crippen molar-refractivity contribution in [2.45, 2.75) is 109 Å². The van der Waals surface area contributed by atoms with Crippen molar-refractivity contribution in [2.75, 3.05) is 6.61 Å². The molecule has 0 aliphatic heterocycles. The minimum atomic E-state index is 0.0921. The van der Waals surface area contributed by atoms with Crippen LogP contribution in [0, 0.1) is 23.6 Å². The Hall–Kier alpha value is -1.15. The number of benzene rings is 1. The standard InChI is InChI=1S/C29H43FO/c1-3-5-6-7-8-21-9-10-25-18-26(20-29(30)28(25)16-21)23-11-12-24-19-27(31-15-4-2)14-13-22(24)17-23/h4,18,20-24,27H,2-3,5-17,19H2,1H3. The first-order chi connectivity index (χ1) is 15.2. The molecule has 0 saturated heterocycles. The van der Waals surface area contributed by atoms with Gasteiger partial charge in [0.2, 0.25) is 0 Å². The van der Waals surface area contributed by atoms with Crippen LogP contribution in [-0.4, -0.2) is 12.7 Å². The first-order valence-electron chi connectivity index (χ1n) is 13.2. The number of hydrogen-bond acceptors (Lipinski definition) is 1. The van der Waals surface area contributed by atoms with Gasteiger partial charge in [0.05, 0.1) is 12.7 Å². The zero-order valence-electron chi connectivity index (χ0n) is 19.7. The molecule has 2 heteroatoms. The summed E-state index contributed by atoms with van der Waals surface area (Å²) >= 11 is 0. The van der Waals surface area contributed by atoms with Crippen molar-refractivity contribution in [3.8, 4) is 0 Å². The van der Waals surface area contributed by atoms with Gasteiger partial charge in [-0.2, -0.15) is 0 Å². The predicted octanol–water partition coefficient (Wildman–Crippen LogP) is 8.16. The molecule has 0 bridgehead atoms. The van der Waals surface area contributed by atoms with E-state index in [0.717, 1.165) is 30.2 Å². The van der Waals surface area contributed by atoms with Gasteiger partial charge in [0.1, 0.15) is 5.82 Å². The SMILES string of the molecule is C=CCOC1CCC2CC(c3cc(F)c4c(c3)CCC(CCCCCC)C4)CCC2C1. The van der Waals surface area contributed by atoms with Crippen molar-refractivity contribution in [1.82, 2.24) is 0 Å². The lowest BCUT2D eigenvalue weighted by Crippen LogP contribution is -2.34. The molecule has 1 aromatic carbocycles. The van der Waals surface area contributed by atoms with Crippen molar-refractivity contribution in [3.63, 3.8) is 0 Å². The zero-order valence-corrected chi connectivity index (χ0v) is 19.7. The summed E-state index contributed by atoms with van der Waals surface area (Å²) in [5.74, 6) is 2.94. The van der Waals surface area contributed by atoms with Crippen LogP contribution in [0.15, 0.2) is 24.8 Å². The average molecular weight is 427 g/mol. The van der Waals surface area contributed by atoms with Crippen LogP contribution in [0.25, 0.3) is 0 Å². The minimum absolute atomic E-state index is 0.0921. The molecular weight excluding hydrogens is 383 g/mol. The highest BCUT2D eigenvalue weighted by atomic mass is 19.1. The number of unbranched alkanes of at least 4 members (excludes halogenated alkanes) is 3. The quantitative estimate of drug-likeness (QED) is 0.286. The van der Waals surface area contributed by atoms with E-state index in [2.05, 4.69) is 19.6 Å². The number of fused-ring (bicyclic) bond motifs is 2. The van der Waals surface area contributed by atoms with Crippen LogP contribution in [0.4, 0.5) is 4.39 Å². The second kappa shape index (κ2) is 11.1. The van der Waals surface area contributed by atoms with Gasteiger partial charge in [0.15, 0.2) is 0 Å². The number of ether oxygens (including phenoxy) is 1. The van der Waals surface area contributed by atoms with Gasteiger partial charge in [-0.15, -0.1) is 6.58 Å². The van der Waals surface area contributed by atoms with Gasteiger partial charge in [-0.3, -0.25) is 0 Å². The smallest absolute Gasteiger partial charge is 0.126 e. The van der Waals surface area contributed by atoms with Gasteiger partial charge in [-0.1, -0.05) is 51.2 Å². The Balaban J connectivity index is 1.34. The molecule has 0 aromatic heterocycles. The second-order valence-corrected chi connectivity index (χ2v) is 10.7. The van der Waals surface area contributed by atoms with E-state index in [0.29, 0.717) is 24.5 Å². The lowest BCUT2D eigenvalue weighted by Gasteiger charge is -2.42. The van der Waals surface area contributed by atoms with Crippen LogP contribution in [0.2, 0.25) is 0 Å². The van der Waals surface area contributed by atoms with Crippen LogP contribution >= 0.6 is 0 Å². The van der Waals surface area contributed by atoms with E-state index in [1.54, 1.807) is 0 Å². The fourth-order valence-corrected chi connectivity index (χ4v) is 6.77. The normalized spacial score (nSPS) is 30.5. The Labute approximate surface area is 189 Å². The van der Waals surface area contributed by atoms with Crippen LogP contribution in [-0.2, 0) is 17.6 Å². The molecule has 0 spiro atoms. The second-order valence-electron chi connectivity index (χ2n) is 10.7.